The zero-order valence-corrected chi connectivity index (χ0v) is 22.6. The molecule has 39 heavy (non-hydrogen) atoms. The van der Waals surface area contributed by atoms with E-state index in [1.165, 1.54) is 4.90 Å². The number of carbonyl (C=O) groups is 2. The van der Waals surface area contributed by atoms with Gasteiger partial charge in [0.25, 0.3) is 0 Å². The molecule has 0 aliphatic heterocycles. The molecule has 7 nitrogen and oxygen atoms in total. The third-order valence-electron chi connectivity index (χ3n) is 6.62. The first kappa shape index (κ1) is 32.1. The van der Waals surface area contributed by atoms with Crippen molar-refractivity contribution in [2.45, 2.75) is 89.7 Å². The van der Waals surface area contributed by atoms with Crippen molar-refractivity contribution in [3.05, 3.63) is 70.8 Å². The van der Waals surface area contributed by atoms with Gasteiger partial charge in [-0.2, -0.15) is 0 Å². The van der Waals surface area contributed by atoms with Gasteiger partial charge in [0.15, 0.2) is 0 Å². The van der Waals surface area contributed by atoms with Crippen molar-refractivity contribution in [2.75, 3.05) is 6.54 Å². The van der Waals surface area contributed by atoms with Crippen molar-refractivity contribution in [1.82, 2.24) is 10.2 Å². The van der Waals surface area contributed by atoms with E-state index in [4.69, 9.17) is 5.73 Å². The monoisotopic (exact) mass is 551 g/mol. The van der Waals surface area contributed by atoms with E-state index in [0.29, 0.717) is 12.8 Å². The Bertz CT molecular complexity index is 1050. The fourth-order valence-electron chi connectivity index (χ4n) is 4.44. The van der Waals surface area contributed by atoms with Crippen LogP contribution in [0.4, 0.5) is 18.0 Å². The normalized spacial score (nSPS) is 14.3. The standard InChI is InChI=1S/C29H40F3N3O4/c1-3-5-9-22(30)10-11-26(34-29(38)39)28(37)35(17-20-8-6-7-19(4-2)12-20)18-27(36)25(33)15-21-13-23(31)16-24(32)14-21/h6-8,12-14,16,22,25-27,34,36H,3-5,9-11,15,17-18,33H2,1-2H3,(H,38,39)/t22?,25-,26+,27+/m0/s1. The molecular weight excluding hydrogens is 511 g/mol. The fraction of sp³-hybridized carbons (Fsp3) is 0.517. The molecule has 0 heterocycles. The summed E-state index contributed by atoms with van der Waals surface area (Å²) >= 11 is 0. The number of unbranched alkanes of at least 4 members (excludes halogenated alkanes) is 1. The second kappa shape index (κ2) is 16.1. The number of halogens is 3. The van der Waals surface area contributed by atoms with Crippen molar-refractivity contribution in [3.63, 3.8) is 0 Å². The Morgan fingerprint density at radius 2 is 1.67 bits per heavy atom. The van der Waals surface area contributed by atoms with Crippen LogP contribution in [-0.4, -0.2) is 58.0 Å². The van der Waals surface area contributed by atoms with Gasteiger partial charge < -0.3 is 26.2 Å². The molecule has 0 fully saturated rings. The average molecular weight is 552 g/mol. The second-order valence-electron chi connectivity index (χ2n) is 9.92. The molecule has 0 saturated heterocycles. The first-order valence-corrected chi connectivity index (χ1v) is 13.4. The van der Waals surface area contributed by atoms with Crippen molar-refractivity contribution in [3.8, 4) is 0 Å². The quantitative estimate of drug-likeness (QED) is 0.241. The Labute approximate surface area is 228 Å². The van der Waals surface area contributed by atoms with E-state index in [1.807, 2.05) is 38.1 Å². The molecular formula is C29H40F3N3O4. The van der Waals surface area contributed by atoms with Crippen LogP contribution in [0.1, 0.15) is 62.6 Å². The van der Waals surface area contributed by atoms with Crippen LogP contribution in [0, 0.1) is 11.6 Å². The minimum Gasteiger partial charge on any atom is -0.465 e. The van der Waals surface area contributed by atoms with Gasteiger partial charge in [0.2, 0.25) is 5.91 Å². The molecule has 0 spiro atoms. The lowest BCUT2D eigenvalue weighted by Gasteiger charge is -2.31. The maximum atomic E-state index is 14.4. The minimum absolute atomic E-state index is 0.00303. The summed E-state index contributed by atoms with van der Waals surface area (Å²) < 4.78 is 41.6. The highest BCUT2D eigenvalue weighted by atomic mass is 19.1. The molecule has 0 bridgehead atoms. The van der Waals surface area contributed by atoms with Crippen LogP contribution in [-0.2, 0) is 24.2 Å². The number of hydrogen-bond donors (Lipinski definition) is 4. The first-order chi connectivity index (χ1) is 18.5. The van der Waals surface area contributed by atoms with Crippen molar-refractivity contribution < 1.29 is 33.0 Å². The van der Waals surface area contributed by atoms with Gasteiger partial charge in [0.05, 0.1) is 6.10 Å². The number of aliphatic hydroxyl groups is 1. The second-order valence-corrected chi connectivity index (χ2v) is 9.92. The lowest BCUT2D eigenvalue weighted by molar-refractivity contribution is -0.136. The number of carbonyl (C=O) groups excluding carboxylic acids is 1. The molecule has 1 unspecified atom stereocenters. The van der Waals surface area contributed by atoms with Crippen LogP contribution in [0.15, 0.2) is 42.5 Å². The third-order valence-corrected chi connectivity index (χ3v) is 6.62. The predicted octanol–water partition coefficient (Wildman–Crippen LogP) is 4.73. The number of nitrogens with two attached hydrogens (primary N) is 1. The van der Waals surface area contributed by atoms with Crippen LogP contribution in [0.25, 0.3) is 0 Å². The largest absolute Gasteiger partial charge is 0.465 e. The van der Waals surface area contributed by atoms with E-state index in [-0.39, 0.29) is 37.9 Å². The number of nitrogens with one attached hydrogen (secondary N) is 1. The lowest BCUT2D eigenvalue weighted by Crippen LogP contribution is -2.52. The van der Waals surface area contributed by atoms with E-state index in [2.05, 4.69) is 5.32 Å². The molecule has 2 aromatic rings. The van der Waals surface area contributed by atoms with Crippen molar-refractivity contribution in [2.24, 2.45) is 5.73 Å². The highest BCUT2D eigenvalue weighted by Gasteiger charge is 2.30. The van der Waals surface area contributed by atoms with Gasteiger partial charge in [-0.15, -0.1) is 0 Å². The number of aryl methyl sites for hydroxylation is 1. The molecule has 5 N–H and O–H groups in total. The Morgan fingerprint density at radius 1 is 1.00 bits per heavy atom. The van der Waals surface area contributed by atoms with Crippen molar-refractivity contribution in [1.29, 1.82) is 0 Å². The summed E-state index contributed by atoms with van der Waals surface area (Å²) in [5, 5.41) is 22.4. The van der Waals surface area contributed by atoms with Gasteiger partial charge in [-0.05, 0) is 60.9 Å². The number of benzene rings is 2. The Kier molecular flexibility index (Phi) is 13.3. The summed E-state index contributed by atoms with van der Waals surface area (Å²) in [7, 11) is 0. The van der Waals surface area contributed by atoms with Gasteiger partial charge in [-0.25, -0.2) is 18.0 Å². The van der Waals surface area contributed by atoms with Gasteiger partial charge in [-0.1, -0.05) is 51.0 Å². The molecule has 0 radical (unpaired) electrons. The van der Waals surface area contributed by atoms with E-state index >= 15 is 0 Å². The van der Waals surface area contributed by atoms with Crippen LogP contribution in [0.5, 0.6) is 0 Å². The smallest absolute Gasteiger partial charge is 0.405 e. The molecule has 2 rings (SSSR count). The molecule has 216 valence electrons. The summed E-state index contributed by atoms with van der Waals surface area (Å²) in [6.07, 6.45) is -1.39. The maximum absolute atomic E-state index is 14.4. The average Bonchev–Trinajstić information content (AvgIpc) is 2.88. The zero-order valence-electron chi connectivity index (χ0n) is 22.6. The van der Waals surface area contributed by atoms with Crippen LogP contribution in [0.3, 0.4) is 0 Å². The number of carboxylic acid groups (broad SMARTS) is 1. The Balaban J connectivity index is 2.25. The molecule has 10 heteroatoms. The van der Waals surface area contributed by atoms with Gasteiger partial charge in [-0.3, -0.25) is 4.79 Å². The summed E-state index contributed by atoms with van der Waals surface area (Å²) in [6.45, 7) is 3.72. The molecule has 0 aromatic heterocycles. The Hall–Kier alpha value is -3.11. The van der Waals surface area contributed by atoms with Crippen LogP contribution in [0.2, 0.25) is 0 Å². The summed E-state index contributed by atoms with van der Waals surface area (Å²) in [5.41, 5.74) is 8.19. The summed E-state index contributed by atoms with van der Waals surface area (Å²) in [4.78, 5) is 26.4. The van der Waals surface area contributed by atoms with Gasteiger partial charge in [0.1, 0.15) is 23.8 Å². The topological polar surface area (TPSA) is 116 Å². The SMILES string of the molecule is CCCCC(F)CC[C@@H](NC(=O)O)C(=O)N(Cc1cccc(CC)c1)C[C@@H](O)[C@@H](N)Cc1cc(F)cc(F)c1. The third kappa shape index (κ3) is 11.3. The molecule has 0 aliphatic rings. The molecule has 2 aromatic carbocycles. The number of hydrogen-bond acceptors (Lipinski definition) is 4. The number of aliphatic hydroxyl groups excluding tert-OH is 1. The Morgan fingerprint density at radius 3 is 2.28 bits per heavy atom. The predicted molar refractivity (Wildman–Crippen MR) is 144 cm³/mol. The van der Waals surface area contributed by atoms with Crippen LogP contribution < -0.4 is 11.1 Å². The number of nitrogens with zero attached hydrogens (tertiary/aromatic N) is 1. The number of rotatable bonds is 16. The fourth-order valence-corrected chi connectivity index (χ4v) is 4.44. The molecule has 4 atom stereocenters. The maximum Gasteiger partial charge on any atom is 0.405 e. The highest BCUT2D eigenvalue weighted by Crippen LogP contribution is 2.17. The van der Waals surface area contributed by atoms with E-state index in [0.717, 1.165) is 42.2 Å². The van der Waals surface area contributed by atoms with Crippen molar-refractivity contribution >= 4 is 12.0 Å². The summed E-state index contributed by atoms with van der Waals surface area (Å²) in [5.74, 6) is -2.16. The molecule has 0 aliphatic carbocycles. The number of amides is 2. The van der Waals surface area contributed by atoms with E-state index < -0.39 is 48.0 Å². The molecule has 2 amide bonds. The van der Waals surface area contributed by atoms with E-state index in [9.17, 15) is 33.0 Å². The van der Waals surface area contributed by atoms with Crippen LogP contribution >= 0.6 is 0 Å². The number of alkyl halides is 1. The van der Waals surface area contributed by atoms with Gasteiger partial charge >= 0.3 is 6.09 Å². The zero-order chi connectivity index (χ0) is 28.9. The molecule has 0 saturated carbocycles. The minimum atomic E-state index is -1.42. The van der Waals surface area contributed by atoms with E-state index in [1.54, 1.807) is 0 Å². The first-order valence-electron chi connectivity index (χ1n) is 13.4. The van der Waals surface area contributed by atoms with Gasteiger partial charge in [0, 0.05) is 25.2 Å². The highest BCUT2D eigenvalue weighted by molar-refractivity contribution is 5.85. The lowest BCUT2D eigenvalue weighted by atomic mass is 10.00. The summed E-state index contributed by atoms with van der Waals surface area (Å²) in [6, 6.07) is 8.26.